The second kappa shape index (κ2) is 8.39. The Hall–Kier alpha value is -2.64. The maximum Gasteiger partial charge on any atom is 0.261 e. The molecular formula is C22H21BrN2O3S. The lowest BCUT2D eigenvalue weighted by atomic mass is 10.1. The zero-order valence-electron chi connectivity index (χ0n) is 16.3. The fraction of sp³-hybridized carbons (Fsp3) is 0.136. The quantitative estimate of drug-likeness (QED) is 0.519. The summed E-state index contributed by atoms with van der Waals surface area (Å²) in [6, 6.07) is 17.2. The molecule has 0 aliphatic carbocycles. The van der Waals surface area contributed by atoms with Gasteiger partial charge in [0.2, 0.25) is 0 Å². The average molecular weight is 473 g/mol. The van der Waals surface area contributed by atoms with Crippen LogP contribution in [0.5, 0.6) is 0 Å². The Morgan fingerprint density at radius 2 is 1.55 bits per heavy atom. The molecule has 0 unspecified atom stereocenters. The fourth-order valence-corrected chi connectivity index (χ4v) is 4.49. The maximum absolute atomic E-state index is 12.8. The summed E-state index contributed by atoms with van der Waals surface area (Å²) in [6.45, 7) is 5.49. The van der Waals surface area contributed by atoms with Crippen LogP contribution in [0.2, 0.25) is 0 Å². The molecule has 0 saturated heterocycles. The summed E-state index contributed by atoms with van der Waals surface area (Å²) in [5.74, 6) is -0.360. The normalized spacial score (nSPS) is 11.2. The molecule has 2 N–H and O–H groups in total. The van der Waals surface area contributed by atoms with Gasteiger partial charge >= 0.3 is 0 Å². The highest BCUT2D eigenvalue weighted by molar-refractivity contribution is 9.10. The molecule has 0 heterocycles. The highest BCUT2D eigenvalue weighted by Crippen LogP contribution is 2.24. The number of benzene rings is 3. The van der Waals surface area contributed by atoms with Crippen LogP contribution < -0.4 is 10.0 Å². The van der Waals surface area contributed by atoms with Crippen LogP contribution in [-0.2, 0) is 10.0 Å². The number of sulfonamides is 1. The third-order valence-corrected chi connectivity index (χ3v) is 6.45. The third-order valence-electron chi connectivity index (χ3n) is 4.59. The van der Waals surface area contributed by atoms with Crippen LogP contribution in [0, 0.1) is 20.8 Å². The highest BCUT2D eigenvalue weighted by atomic mass is 79.9. The van der Waals surface area contributed by atoms with Crippen LogP contribution in [0.3, 0.4) is 0 Å². The van der Waals surface area contributed by atoms with Crippen molar-refractivity contribution in [3.63, 3.8) is 0 Å². The summed E-state index contributed by atoms with van der Waals surface area (Å²) >= 11 is 3.40. The first kappa shape index (κ1) is 21.1. The summed E-state index contributed by atoms with van der Waals surface area (Å²) in [5, 5.41) is 2.86. The van der Waals surface area contributed by atoms with E-state index < -0.39 is 10.0 Å². The van der Waals surface area contributed by atoms with Crippen molar-refractivity contribution >= 4 is 43.2 Å². The van der Waals surface area contributed by atoms with Crippen LogP contribution in [-0.4, -0.2) is 14.3 Å². The lowest BCUT2D eigenvalue weighted by Gasteiger charge is -2.14. The van der Waals surface area contributed by atoms with Crippen molar-refractivity contribution in [1.29, 1.82) is 0 Å². The van der Waals surface area contributed by atoms with E-state index in [-0.39, 0.29) is 10.8 Å². The van der Waals surface area contributed by atoms with Gasteiger partial charge < -0.3 is 5.32 Å². The SMILES string of the molecule is Cc1cc(Br)ccc1NC(=O)c1cc(S(=O)(=O)Nc2ccccc2C)ccc1C. The average Bonchev–Trinajstić information content (AvgIpc) is 2.66. The monoisotopic (exact) mass is 472 g/mol. The standard InChI is InChI=1S/C22H21BrN2O3S/c1-14-8-10-18(29(27,28)25-21-7-5-4-6-15(21)2)13-19(14)22(26)24-20-11-9-17(23)12-16(20)3/h4-13,25H,1-3H3,(H,24,26). The van der Waals surface area contributed by atoms with Crippen LogP contribution >= 0.6 is 15.9 Å². The molecule has 3 aromatic rings. The van der Waals surface area contributed by atoms with Crippen molar-refractivity contribution in [3.8, 4) is 0 Å². The van der Waals surface area contributed by atoms with Crippen molar-refractivity contribution in [2.24, 2.45) is 0 Å². The van der Waals surface area contributed by atoms with Gasteiger partial charge in [0.05, 0.1) is 10.6 Å². The second-order valence-electron chi connectivity index (χ2n) is 6.81. The molecule has 7 heteroatoms. The number of halogens is 1. The molecular weight excluding hydrogens is 452 g/mol. The lowest BCUT2D eigenvalue weighted by Crippen LogP contribution is -2.17. The number of nitrogens with one attached hydrogen (secondary N) is 2. The number of carbonyl (C=O) groups is 1. The van der Waals surface area contributed by atoms with Gasteiger partial charge in [-0.15, -0.1) is 0 Å². The Morgan fingerprint density at radius 1 is 0.828 bits per heavy atom. The van der Waals surface area contributed by atoms with E-state index in [1.54, 1.807) is 31.2 Å². The molecule has 0 aromatic heterocycles. The third kappa shape index (κ3) is 4.86. The number of hydrogen-bond donors (Lipinski definition) is 2. The van der Waals surface area contributed by atoms with Crippen LogP contribution in [0.25, 0.3) is 0 Å². The smallest absolute Gasteiger partial charge is 0.261 e. The molecule has 150 valence electrons. The molecule has 29 heavy (non-hydrogen) atoms. The van der Waals surface area contributed by atoms with E-state index in [0.29, 0.717) is 22.5 Å². The maximum atomic E-state index is 12.8. The minimum absolute atomic E-state index is 0.0315. The summed E-state index contributed by atoms with van der Waals surface area (Å²) in [6.07, 6.45) is 0. The van der Waals surface area contributed by atoms with Crippen molar-refractivity contribution in [1.82, 2.24) is 0 Å². The summed E-state index contributed by atoms with van der Waals surface area (Å²) in [7, 11) is -3.83. The van der Waals surface area contributed by atoms with E-state index in [4.69, 9.17) is 0 Å². The molecule has 1 amide bonds. The Kier molecular flexibility index (Phi) is 6.10. The molecule has 0 spiro atoms. The van der Waals surface area contributed by atoms with Crippen LogP contribution in [0.15, 0.2) is 70.0 Å². The molecule has 0 atom stereocenters. The summed E-state index contributed by atoms with van der Waals surface area (Å²) < 4.78 is 29.2. The first-order valence-corrected chi connectivity index (χ1v) is 11.2. The van der Waals surface area contributed by atoms with Crippen molar-refractivity contribution in [3.05, 3.63) is 87.4 Å². The Bertz CT molecular complexity index is 1190. The van der Waals surface area contributed by atoms with Gasteiger partial charge in [-0.25, -0.2) is 8.42 Å². The van der Waals surface area contributed by atoms with Gasteiger partial charge in [0, 0.05) is 15.7 Å². The van der Waals surface area contributed by atoms with Crippen LogP contribution in [0.4, 0.5) is 11.4 Å². The molecule has 0 bridgehead atoms. The molecule has 3 rings (SSSR count). The second-order valence-corrected chi connectivity index (χ2v) is 9.41. The highest BCUT2D eigenvalue weighted by Gasteiger charge is 2.19. The molecule has 0 radical (unpaired) electrons. The molecule has 5 nitrogen and oxygen atoms in total. The molecule has 3 aromatic carbocycles. The van der Waals surface area contributed by atoms with E-state index in [1.165, 1.54) is 12.1 Å². The molecule has 0 fully saturated rings. The number of para-hydroxylation sites is 1. The van der Waals surface area contributed by atoms with Gasteiger partial charge in [0.25, 0.3) is 15.9 Å². The van der Waals surface area contributed by atoms with E-state index in [0.717, 1.165) is 15.6 Å². The first-order chi connectivity index (χ1) is 13.7. The Morgan fingerprint density at radius 3 is 2.24 bits per heavy atom. The van der Waals surface area contributed by atoms with Crippen molar-refractivity contribution < 1.29 is 13.2 Å². The predicted molar refractivity (Wildman–Crippen MR) is 120 cm³/mol. The van der Waals surface area contributed by atoms with Crippen molar-refractivity contribution in [2.75, 3.05) is 10.0 Å². The molecule has 0 saturated carbocycles. The minimum atomic E-state index is -3.83. The summed E-state index contributed by atoms with van der Waals surface area (Å²) in [4.78, 5) is 12.9. The van der Waals surface area contributed by atoms with Gasteiger partial charge in [-0.2, -0.15) is 0 Å². The van der Waals surface area contributed by atoms with Crippen LogP contribution in [0.1, 0.15) is 27.0 Å². The zero-order chi connectivity index (χ0) is 21.2. The van der Waals surface area contributed by atoms with Gasteiger partial charge in [-0.3, -0.25) is 9.52 Å². The number of anilines is 2. The number of amides is 1. The fourth-order valence-electron chi connectivity index (χ4n) is 2.86. The number of carbonyl (C=O) groups excluding carboxylic acids is 1. The van der Waals surface area contributed by atoms with E-state index in [9.17, 15) is 13.2 Å². The van der Waals surface area contributed by atoms with Gasteiger partial charge in [-0.1, -0.05) is 40.2 Å². The molecule has 0 aliphatic rings. The largest absolute Gasteiger partial charge is 0.322 e. The topological polar surface area (TPSA) is 75.3 Å². The Labute approximate surface area is 179 Å². The van der Waals surface area contributed by atoms with Gasteiger partial charge in [-0.05, 0) is 73.9 Å². The zero-order valence-corrected chi connectivity index (χ0v) is 18.7. The number of aryl methyl sites for hydroxylation is 3. The number of hydrogen-bond acceptors (Lipinski definition) is 3. The van der Waals surface area contributed by atoms with E-state index in [2.05, 4.69) is 26.0 Å². The summed E-state index contributed by atoms with van der Waals surface area (Å²) in [5.41, 5.74) is 3.88. The number of rotatable bonds is 5. The van der Waals surface area contributed by atoms with Crippen molar-refractivity contribution in [2.45, 2.75) is 25.7 Å². The lowest BCUT2D eigenvalue weighted by molar-refractivity contribution is 0.102. The Balaban J connectivity index is 1.91. The van der Waals surface area contributed by atoms with E-state index >= 15 is 0 Å². The van der Waals surface area contributed by atoms with E-state index in [1.807, 2.05) is 38.1 Å². The first-order valence-electron chi connectivity index (χ1n) is 8.94. The predicted octanol–water partition coefficient (Wildman–Crippen LogP) is 5.43. The minimum Gasteiger partial charge on any atom is -0.322 e. The van der Waals surface area contributed by atoms with Gasteiger partial charge in [0.1, 0.15) is 0 Å². The van der Waals surface area contributed by atoms with Gasteiger partial charge in [0.15, 0.2) is 0 Å². The molecule has 0 aliphatic heterocycles.